The summed E-state index contributed by atoms with van der Waals surface area (Å²) in [5, 5.41) is 12.2. The zero-order valence-electron chi connectivity index (χ0n) is 8.69. The third kappa shape index (κ3) is 1.55. The van der Waals surface area contributed by atoms with E-state index < -0.39 is 5.79 Å². The summed E-state index contributed by atoms with van der Waals surface area (Å²) in [6.45, 7) is 3.69. The highest BCUT2D eigenvalue weighted by Gasteiger charge is 2.53. The molecule has 14 heavy (non-hydrogen) atoms. The van der Waals surface area contributed by atoms with Crippen LogP contribution in [0.3, 0.4) is 0 Å². The molecule has 2 N–H and O–H groups in total. The Labute approximate surface area is 83.3 Å². The SMILES string of the molecule is CNC1C(CO)OC2OC(C)(C)OC21. The summed E-state index contributed by atoms with van der Waals surface area (Å²) < 4.78 is 16.7. The van der Waals surface area contributed by atoms with Crippen molar-refractivity contribution >= 4 is 0 Å². The minimum Gasteiger partial charge on any atom is -0.394 e. The Hall–Kier alpha value is -0.200. The lowest BCUT2D eigenvalue weighted by molar-refractivity contribution is -0.210. The Kier molecular flexibility index (Phi) is 2.53. The first kappa shape index (κ1) is 10.3. The quantitative estimate of drug-likeness (QED) is 0.630. The molecule has 82 valence electrons. The fourth-order valence-corrected chi connectivity index (χ4v) is 2.08. The average Bonchev–Trinajstić information content (AvgIpc) is 2.55. The van der Waals surface area contributed by atoms with Crippen LogP contribution in [0.1, 0.15) is 13.8 Å². The van der Waals surface area contributed by atoms with Crippen molar-refractivity contribution in [3.63, 3.8) is 0 Å². The molecule has 0 aromatic carbocycles. The van der Waals surface area contributed by atoms with Crippen LogP contribution in [0.4, 0.5) is 0 Å². The topological polar surface area (TPSA) is 60.0 Å². The van der Waals surface area contributed by atoms with E-state index in [4.69, 9.17) is 19.3 Å². The van der Waals surface area contributed by atoms with E-state index in [1.54, 1.807) is 0 Å². The molecule has 4 unspecified atom stereocenters. The number of hydrogen-bond donors (Lipinski definition) is 2. The molecule has 2 rings (SSSR count). The second-order valence-corrected chi connectivity index (χ2v) is 4.14. The van der Waals surface area contributed by atoms with Gasteiger partial charge in [-0.25, -0.2) is 0 Å². The number of aliphatic hydroxyl groups is 1. The monoisotopic (exact) mass is 203 g/mol. The highest BCUT2D eigenvalue weighted by atomic mass is 16.8. The molecule has 0 aliphatic carbocycles. The lowest BCUT2D eigenvalue weighted by Gasteiger charge is -2.24. The molecule has 0 aromatic rings. The van der Waals surface area contributed by atoms with Gasteiger partial charge in [-0.1, -0.05) is 0 Å². The molecule has 5 nitrogen and oxygen atoms in total. The number of aliphatic hydroxyl groups excluding tert-OH is 1. The van der Waals surface area contributed by atoms with Gasteiger partial charge < -0.3 is 24.6 Å². The Morgan fingerprint density at radius 2 is 2.07 bits per heavy atom. The van der Waals surface area contributed by atoms with Crippen LogP contribution in [0.15, 0.2) is 0 Å². The maximum atomic E-state index is 9.08. The summed E-state index contributed by atoms with van der Waals surface area (Å²) in [5.41, 5.74) is 0. The van der Waals surface area contributed by atoms with E-state index >= 15 is 0 Å². The number of nitrogens with one attached hydrogen (secondary N) is 1. The van der Waals surface area contributed by atoms with Gasteiger partial charge in [0, 0.05) is 0 Å². The van der Waals surface area contributed by atoms with Crippen LogP contribution in [0.5, 0.6) is 0 Å². The van der Waals surface area contributed by atoms with Crippen LogP contribution in [0.2, 0.25) is 0 Å². The first-order chi connectivity index (χ1) is 6.57. The van der Waals surface area contributed by atoms with Gasteiger partial charge in [-0.15, -0.1) is 0 Å². The number of ether oxygens (including phenoxy) is 3. The third-order valence-corrected chi connectivity index (χ3v) is 2.66. The summed E-state index contributed by atoms with van der Waals surface area (Å²) >= 11 is 0. The van der Waals surface area contributed by atoms with E-state index in [0.717, 1.165) is 0 Å². The molecular weight excluding hydrogens is 186 g/mol. The lowest BCUT2D eigenvalue weighted by atomic mass is 10.1. The van der Waals surface area contributed by atoms with Crippen LogP contribution in [0.25, 0.3) is 0 Å². The molecule has 2 aliphatic heterocycles. The lowest BCUT2D eigenvalue weighted by Crippen LogP contribution is -2.45. The average molecular weight is 203 g/mol. The zero-order chi connectivity index (χ0) is 10.3. The highest BCUT2D eigenvalue weighted by Crippen LogP contribution is 2.36. The minimum atomic E-state index is -0.592. The van der Waals surface area contributed by atoms with Gasteiger partial charge in [0.05, 0.1) is 12.6 Å². The van der Waals surface area contributed by atoms with E-state index in [2.05, 4.69) is 5.32 Å². The van der Waals surface area contributed by atoms with Gasteiger partial charge in [0.15, 0.2) is 12.1 Å². The van der Waals surface area contributed by atoms with E-state index in [9.17, 15) is 0 Å². The Morgan fingerprint density at radius 3 is 2.64 bits per heavy atom. The van der Waals surface area contributed by atoms with Crippen LogP contribution in [-0.2, 0) is 14.2 Å². The van der Waals surface area contributed by atoms with E-state index in [1.165, 1.54) is 0 Å². The predicted molar refractivity (Wildman–Crippen MR) is 48.6 cm³/mol. The van der Waals surface area contributed by atoms with Crippen LogP contribution in [-0.4, -0.2) is 49.1 Å². The third-order valence-electron chi connectivity index (χ3n) is 2.66. The zero-order valence-corrected chi connectivity index (χ0v) is 8.69. The van der Waals surface area contributed by atoms with E-state index in [0.29, 0.717) is 0 Å². The van der Waals surface area contributed by atoms with Crippen molar-refractivity contribution in [2.45, 2.75) is 44.2 Å². The maximum Gasteiger partial charge on any atom is 0.189 e. The second kappa shape index (κ2) is 3.43. The number of hydrogen-bond acceptors (Lipinski definition) is 5. The van der Waals surface area contributed by atoms with Crippen molar-refractivity contribution in [3.05, 3.63) is 0 Å². The fraction of sp³-hybridized carbons (Fsp3) is 1.00. The molecule has 4 atom stereocenters. The minimum absolute atomic E-state index is 0.00762. The van der Waals surface area contributed by atoms with Crippen molar-refractivity contribution in [1.82, 2.24) is 5.32 Å². The van der Waals surface area contributed by atoms with E-state index in [1.807, 2.05) is 20.9 Å². The standard InChI is InChI=1S/C9H17NO4/c1-9(2)13-7-6(10-3)5(4-11)12-8(7)14-9/h5-8,10-11H,4H2,1-3H3. The van der Waals surface area contributed by atoms with Crippen molar-refractivity contribution < 1.29 is 19.3 Å². The van der Waals surface area contributed by atoms with Crippen molar-refractivity contribution in [2.24, 2.45) is 0 Å². The summed E-state index contributed by atoms with van der Waals surface area (Å²) in [4.78, 5) is 0. The number of fused-ring (bicyclic) bond motifs is 1. The summed E-state index contributed by atoms with van der Waals surface area (Å²) in [7, 11) is 1.83. The van der Waals surface area contributed by atoms with Crippen molar-refractivity contribution in [3.8, 4) is 0 Å². The van der Waals surface area contributed by atoms with Gasteiger partial charge in [-0.05, 0) is 20.9 Å². The Balaban J connectivity index is 2.09. The molecule has 0 amide bonds. The molecule has 0 bridgehead atoms. The smallest absolute Gasteiger partial charge is 0.189 e. The second-order valence-electron chi connectivity index (χ2n) is 4.14. The molecule has 0 saturated carbocycles. The van der Waals surface area contributed by atoms with Gasteiger partial charge in [-0.2, -0.15) is 0 Å². The van der Waals surface area contributed by atoms with Crippen LogP contribution in [0, 0.1) is 0 Å². The van der Waals surface area contributed by atoms with Crippen LogP contribution < -0.4 is 5.32 Å². The normalized spacial score (nSPS) is 45.4. The molecule has 0 radical (unpaired) electrons. The van der Waals surface area contributed by atoms with Gasteiger partial charge >= 0.3 is 0 Å². The molecule has 2 aliphatic rings. The molecule has 2 saturated heterocycles. The molecular formula is C9H17NO4. The Bertz CT molecular complexity index is 221. The van der Waals surface area contributed by atoms with Crippen LogP contribution >= 0.6 is 0 Å². The summed E-state index contributed by atoms with van der Waals surface area (Å²) in [5.74, 6) is -0.592. The van der Waals surface area contributed by atoms with Gasteiger partial charge in [-0.3, -0.25) is 0 Å². The first-order valence-electron chi connectivity index (χ1n) is 4.86. The number of likely N-dealkylation sites (N-methyl/N-ethyl adjacent to an activating group) is 1. The largest absolute Gasteiger partial charge is 0.394 e. The van der Waals surface area contributed by atoms with Crippen molar-refractivity contribution in [2.75, 3.05) is 13.7 Å². The summed E-state index contributed by atoms with van der Waals surface area (Å²) in [6.07, 6.45) is -0.738. The summed E-state index contributed by atoms with van der Waals surface area (Å²) in [6, 6.07) is -0.00762. The first-order valence-corrected chi connectivity index (χ1v) is 4.86. The number of rotatable bonds is 2. The maximum absolute atomic E-state index is 9.08. The van der Waals surface area contributed by atoms with Gasteiger partial charge in [0.1, 0.15) is 12.2 Å². The molecule has 0 spiro atoms. The van der Waals surface area contributed by atoms with Crippen molar-refractivity contribution in [1.29, 1.82) is 0 Å². The fourth-order valence-electron chi connectivity index (χ4n) is 2.08. The van der Waals surface area contributed by atoms with Gasteiger partial charge in [0.25, 0.3) is 0 Å². The predicted octanol–water partition coefficient (Wildman–Crippen LogP) is -0.557. The molecule has 5 heteroatoms. The molecule has 2 heterocycles. The van der Waals surface area contributed by atoms with E-state index in [-0.39, 0.29) is 31.1 Å². The molecule has 2 fully saturated rings. The molecule has 0 aromatic heterocycles. The highest BCUT2D eigenvalue weighted by molar-refractivity contribution is 4.96. The Morgan fingerprint density at radius 1 is 1.36 bits per heavy atom. The van der Waals surface area contributed by atoms with Gasteiger partial charge in [0.2, 0.25) is 0 Å².